The summed E-state index contributed by atoms with van der Waals surface area (Å²) in [6.45, 7) is 2.63. The first-order valence-electron chi connectivity index (χ1n) is 8.57. The Morgan fingerprint density at radius 2 is 2.22 bits per heavy atom. The van der Waals surface area contributed by atoms with Crippen molar-refractivity contribution >= 4 is 16.8 Å². The summed E-state index contributed by atoms with van der Waals surface area (Å²) in [4.78, 5) is 11.7. The summed E-state index contributed by atoms with van der Waals surface area (Å²) >= 11 is 0. The number of rotatable bonds is 4. The summed E-state index contributed by atoms with van der Waals surface area (Å²) in [7, 11) is 3.86. The molecule has 4 nitrogen and oxygen atoms in total. The molecule has 124 valence electrons. The summed E-state index contributed by atoms with van der Waals surface area (Å²) in [5, 5.41) is 4.37. The second kappa shape index (κ2) is 6.65. The highest BCUT2D eigenvalue weighted by molar-refractivity contribution is 5.87. The zero-order chi connectivity index (χ0) is 16.4. The van der Waals surface area contributed by atoms with E-state index in [-0.39, 0.29) is 5.91 Å². The third-order valence-corrected chi connectivity index (χ3v) is 5.06. The van der Waals surface area contributed by atoms with Crippen molar-refractivity contribution in [1.29, 1.82) is 0 Å². The van der Waals surface area contributed by atoms with Gasteiger partial charge in [0, 0.05) is 42.5 Å². The minimum Gasteiger partial charge on any atom is -0.497 e. The number of nitrogens with one attached hydrogen (secondary N) is 1. The van der Waals surface area contributed by atoms with Crippen molar-refractivity contribution in [3.63, 3.8) is 0 Å². The summed E-state index contributed by atoms with van der Waals surface area (Å²) < 4.78 is 7.75. The molecular formula is C19H26N2O2. The maximum Gasteiger partial charge on any atom is 0.219 e. The molecule has 1 aromatic heterocycles. The normalized spacial score (nSPS) is 17.6. The summed E-state index contributed by atoms with van der Waals surface area (Å²) in [5.74, 6) is 1.42. The van der Waals surface area contributed by atoms with Gasteiger partial charge in [0.2, 0.25) is 5.91 Å². The van der Waals surface area contributed by atoms with Gasteiger partial charge >= 0.3 is 0 Å². The van der Waals surface area contributed by atoms with E-state index in [9.17, 15) is 4.79 Å². The lowest BCUT2D eigenvalue weighted by molar-refractivity contribution is -0.120. The number of aryl methyl sites for hydroxylation is 1. The Morgan fingerprint density at radius 1 is 1.39 bits per heavy atom. The number of carbonyl (C=O) groups excluding carboxylic acids is 1. The van der Waals surface area contributed by atoms with Gasteiger partial charge in [-0.2, -0.15) is 0 Å². The Kier molecular flexibility index (Phi) is 4.60. The van der Waals surface area contributed by atoms with Crippen LogP contribution < -0.4 is 10.1 Å². The lowest BCUT2D eigenvalue weighted by Gasteiger charge is -2.17. The van der Waals surface area contributed by atoms with Gasteiger partial charge in [0.05, 0.1) is 7.11 Å². The molecule has 1 aliphatic rings. The molecule has 0 saturated carbocycles. The van der Waals surface area contributed by atoms with Crippen molar-refractivity contribution in [3.05, 3.63) is 29.5 Å². The summed E-state index contributed by atoms with van der Waals surface area (Å²) in [6.07, 6.45) is 5.22. The Hall–Kier alpha value is -1.97. The van der Waals surface area contributed by atoms with Crippen LogP contribution in [0.1, 0.15) is 49.8 Å². The molecule has 0 fully saturated rings. The van der Waals surface area contributed by atoms with Crippen LogP contribution in [-0.4, -0.2) is 24.1 Å². The van der Waals surface area contributed by atoms with E-state index in [0.29, 0.717) is 12.3 Å². The molecule has 1 amide bonds. The van der Waals surface area contributed by atoms with Crippen LogP contribution in [0.25, 0.3) is 10.9 Å². The highest BCUT2D eigenvalue weighted by atomic mass is 16.5. The number of fused-ring (bicyclic) bond motifs is 3. The van der Waals surface area contributed by atoms with Crippen molar-refractivity contribution in [2.45, 2.75) is 44.9 Å². The van der Waals surface area contributed by atoms with Gasteiger partial charge < -0.3 is 14.6 Å². The molecular weight excluding hydrogens is 288 g/mol. The van der Waals surface area contributed by atoms with E-state index in [2.05, 4.69) is 29.1 Å². The third kappa shape index (κ3) is 2.94. The molecule has 1 atom stereocenters. The van der Waals surface area contributed by atoms with E-state index < -0.39 is 0 Å². The SMILES string of the molecule is CCC(=O)NC[C@H]1CCCCc2c1c1cc(OC)ccc1n2C. The minimum absolute atomic E-state index is 0.133. The maximum absolute atomic E-state index is 11.7. The number of amides is 1. The molecule has 4 heteroatoms. The molecule has 0 aliphatic heterocycles. The van der Waals surface area contributed by atoms with Gasteiger partial charge in [0.15, 0.2) is 0 Å². The van der Waals surface area contributed by atoms with Crippen molar-refractivity contribution in [3.8, 4) is 5.75 Å². The molecule has 1 N–H and O–H groups in total. The second-order valence-electron chi connectivity index (χ2n) is 6.40. The van der Waals surface area contributed by atoms with Crippen molar-refractivity contribution in [2.24, 2.45) is 7.05 Å². The molecule has 0 bridgehead atoms. The van der Waals surface area contributed by atoms with Crippen LogP contribution in [0, 0.1) is 0 Å². The molecule has 2 aromatic rings. The summed E-state index contributed by atoms with van der Waals surface area (Å²) in [6, 6.07) is 6.31. The molecule has 0 radical (unpaired) electrons. The van der Waals surface area contributed by atoms with Crippen LogP contribution in [0.5, 0.6) is 5.75 Å². The molecule has 23 heavy (non-hydrogen) atoms. The maximum atomic E-state index is 11.7. The molecule has 1 aliphatic carbocycles. The Labute approximate surface area is 137 Å². The van der Waals surface area contributed by atoms with Crippen LogP contribution in [0.15, 0.2) is 18.2 Å². The summed E-state index contributed by atoms with van der Waals surface area (Å²) in [5.41, 5.74) is 4.08. The number of nitrogens with zero attached hydrogens (tertiary/aromatic N) is 1. The second-order valence-corrected chi connectivity index (χ2v) is 6.40. The standard InChI is InChI=1S/C19H26N2O2/c1-4-18(22)20-12-13-7-5-6-8-17-19(13)15-11-14(23-3)9-10-16(15)21(17)2/h9-11,13H,4-8,12H2,1-3H3,(H,20,22)/t13-/m1/s1. The average molecular weight is 314 g/mol. The number of benzene rings is 1. The van der Waals surface area contributed by atoms with Gasteiger partial charge in [-0.1, -0.05) is 13.3 Å². The zero-order valence-corrected chi connectivity index (χ0v) is 14.3. The first-order chi connectivity index (χ1) is 11.2. The van der Waals surface area contributed by atoms with E-state index in [4.69, 9.17) is 4.74 Å². The minimum atomic E-state index is 0.133. The largest absolute Gasteiger partial charge is 0.497 e. The fraction of sp³-hybridized carbons (Fsp3) is 0.526. The van der Waals surface area contributed by atoms with Gasteiger partial charge in [-0.05, 0) is 43.0 Å². The Balaban J connectivity index is 2.06. The quantitative estimate of drug-likeness (QED) is 0.877. The average Bonchev–Trinajstić information content (AvgIpc) is 2.74. The monoisotopic (exact) mass is 314 g/mol. The Morgan fingerprint density at radius 3 is 2.96 bits per heavy atom. The number of hydrogen-bond donors (Lipinski definition) is 1. The molecule has 1 aromatic carbocycles. The fourth-order valence-corrected chi connectivity index (χ4v) is 3.78. The highest BCUT2D eigenvalue weighted by Crippen LogP contribution is 2.38. The van der Waals surface area contributed by atoms with E-state index in [1.54, 1.807) is 7.11 Å². The molecule has 0 unspecified atom stereocenters. The first-order valence-corrected chi connectivity index (χ1v) is 8.57. The van der Waals surface area contributed by atoms with Gasteiger partial charge in [-0.15, -0.1) is 0 Å². The van der Waals surface area contributed by atoms with Gasteiger partial charge in [-0.3, -0.25) is 4.79 Å². The van der Waals surface area contributed by atoms with Gasteiger partial charge in [0.25, 0.3) is 0 Å². The van der Waals surface area contributed by atoms with Gasteiger partial charge in [0.1, 0.15) is 5.75 Å². The van der Waals surface area contributed by atoms with E-state index in [1.165, 1.54) is 35.0 Å². The lowest BCUT2D eigenvalue weighted by Crippen LogP contribution is -2.27. The number of hydrogen-bond acceptors (Lipinski definition) is 2. The van der Waals surface area contributed by atoms with E-state index in [0.717, 1.165) is 25.1 Å². The fourth-order valence-electron chi connectivity index (χ4n) is 3.78. The third-order valence-electron chi connectivity index (χ3n) is 5.06. The molecule has 0 saturated heterocycles. The van der Waals surface area contributed by atoms with Crippen LogP contribution in [0.4, 0.5) is 0 Å². The van der Waals surface area contributed by atoms with Gasteiger partial charge in [-0.25, -0.2) is 0 Å². The lowest BCUT2D eigenvalue weighted by atomic mass is 9.93. The van der Waals surface area contributed by atoms with Crippen molar-refractivity contribution < 1.29 is 9.53 Å². The predicted molar refractivity (Wildman–Crippen MR) is 93.1 cm³/mol. The number of aromatic nitrogens is 1. The van der Waals surface area contributed by atoms with Crippen LogP contribution >= 0.6 is 0 Å². The molecule has 3 rings (SSSR count). The van der Waals surface area contributed by atoms with Crippen molar-refractivity contribution in [2.75, 3.05) is 13.7 Å². The molecule has 1 heterocycles. The van der Waals surface area contributed by atoms with E-state index >= 15 is 0 Å². The van der Waals surface area contributed by atoms with Crippen molar-refractivity contribution in [1.82, 2.24) is 9.88 Å². The van der Waals surface area contributed by atoms with E-state index in [1.807, 2.05) is 13.0 Å². The molecule has 0 spiro atoms. The number of ether oxygens (including phenoxy) is 1. The topological polar surface area (TPSA) is 43.3 Å². The highest BCUT2D eigenvalue weighted by Gasteiger charge is 2.25. The zero-order valence-electron chi connectivity index (χ0n) is 14.3. The number of methoxy groups -OCH3 is 1. The van der Waals surface area contributed by atoms with Crippen LogP contribution in [0.3, 0.4) is 0 Å². The van der Waals surface area contributed by atoms with Crippen LogP contribution in [0.2, 0.25) is 0 Å². The van der Waals surface area contributed by atoms with Crippen LogP contribution in [-0.2, 0) is 18.3 Å². The first kappa shape index (κ1) is 15.9. The smallest absolute Gasteiger partial charge is 0.219 e. The predicted octanol–water partition coefficient (Wildman–Crippen LogP) is 3.52. The number of carbonyl (C=O) groups is 1. The Bertz CT molecular complexity index is 718.